The first-order chi connectivity index (χ1) is 6.11. The van der Waals surface area contributed by atoms with Crippen LogP contribution in [0.4, 0.5) is 0 Å². The number of hydrogen-bond acceptors (Lipinski definition) is 0. The van der Waals surface area contributed by atoms with Crippen LogP contribution in [0, 0.1) is 9.75 Å². The SMILES string of the molecule is CC(C)CCCn1cc[n+](C)c1I. The summed E-state index contributed by atoms with van der Waals surface area (Å²) in [6.07, 6.45) is 6.86. The van der Waals surface area contributed by atoms with Crippen molar-refractivity contribution >= 4 is 22.6 Å². The van der Waals surface area contributed by atoms with Gasteiger partial charge in [-0.3, -0.25) is 0 Å². The van der Waals surface area contributed by atoms with Crippen molar-refractivity contribution in [1.29, 1.82) is 0 Å². The van der Waals surface area contributed by atoms with Crippen molar-refractivity contribution in [2.75, 3.05) is 0 Å². The number of hydrogen-bond donors (Lipinski definition) is 0. The molecule has 1 heterocycles. The van der Waals surface area contributed by atoms with Gasteiger partial charge in [0.15, 0.2) is 0 Å². The Kier molecular flexibility index (Phi) is 4.22. The number of aromatic nitrogens is 2. The highest BCUT2D eigenvalue weighted by Crippen LogP contribution is 2.07. The van der Waals surface area contributed by atoms with Crippen LogP contribution in [0.3, 0.4) is 0 Å². The van der Waals surface area contributed by atoms with E-state index in [2.05, 4.69) is 65.0 Å². The third-order valence-corrected chi connectivity index (χ3v) is 3.56. The van der Waals surface area contributed by atoms with E-state index in [0.29, 0.717) is 0 Å². The van der Waals surface area contributed by atoms with Gasteiger partial charge in [-0.25, -0.2) is 9.13 Å². The Balaban J connectivity index is 2.41. The maximum atomic E-state index is 2.38. The summed E-state index contributed by atoms with van der Waals surface area (Å²) >= 11 is 2.38. The van der Waals surface area contributed by atoms with E-state index < -0.39 is 0 Å². The average Bonchev–Trinajstić information content (AvgIpc) is 2.35. The summed E-state index contributed by atoms with van der Waals surface area (Å²) in [6.45, 7) is 5.71. The van der Waals surface area contributed by atoms with E-state index in [-0.39, 0.29) is 0 Å². The molecular weight excluding hydrogens is 275 g/mol. The molecule has 0 saturated heterocycles. The summed E-state index contributed by atoms with van der Waals surface area (Å²) in [5.74, 6) is 0.821. The van der Waals surface area contributed by atoms with Crippen LogP contribution in [-0.2, 0) is 13.6 Å². The first kappa shape index (κ1) is 11.0. The topological polar surface area (TPSA) is 8.81 Å². The molecule has 0 fully saturated rings. The van der Waals surface area contributed by atoms with Gasteiger partial charge >= 0.3 is 3.83 Å². The molecule has 74 valence electrons. The Bertz CT molecular complexity index is 266. The van der Waals surface area contributed by atoms with Gasteiger partial charge < -0.3 is 0 Å². The number of imidazole rings is 1. The summed E-state index contributed by atoms with van der Waals surface area (Å²) in [6, 6.07) is 0. The fourth-order valence-corrected chi connectivity index (χ4v) is 1.91. The highest BCUT2D eigenvalue weighted by Gasteiger charge is 2.09. The Morgan fingerprint density at radius 3 is 2.69 bits per heavy atom. The summed E-state index contributed by atoms with van der Waals surface area (Å²) in [4.78, 5) is 0. The van der Waals surface area contributed by atoms with Gasteiger partial charge in [0, 0.05) is 0 Å². The van der Waals surface area contributed by atoms with E-state index in [0.717, 1.165) is 12.5 Å². The van der Waals surface area contributed by atoms with Crippen molar-refractivity contribution in [3.8, 4) is 0 Å². The highest BCUT2D eigenvalue weighted by atomic mass is 127. The molecular formula is C10H18IN2+. The smallest absolute Gasteiger partial charge is 0.228 e. The van der Waals surface area contributed by atoms with Gasteiger partial charge in [-0.15, -0.1) is 0 Å². The van der Waals surface area contributed by atoms with Crippen molar-refractivity contribution in [1.82, 2.24) is 4.57 Å². The molecule has 13 heavy (non-hydrogen) atoms. The minimum Gasteiger partial charge on any atom is -0.228 e. The fourth-order valence-electron chi connectivity index (χ4n) is 1.34. The molecule has 0 aliphatic rings. The van der Waals surface area contributed by atoms with E-state index >= 15 is 0 Å². The van der Waals surface area contributed by atoms with Crippen LogP contribution in [0.1, 0.15) is 26.7 Å². The predicted octanol–water partition coefficient (Wildman–Crippen LogP) is 2.35. The molecule has 1 aromatic heterocycles. The molecule has 0 aliphatic heterocycles. The van der Waals surface area contributed by atoms with Crippen molar-refractivity contribution < 1.29 is 4.57 Å². The predicted molar refractivity (Wildman–Crippen MR) is 62.4 cm³/mol. The minimum absolute atomic E-state index is 0.821. The molecule has 0 unspecified atom stereocenters. The maximum Gasteiger partial charge on any atom is 0.317 e. The van der Waals surface area contributed by atoms with E-state index in [1.165, 1.54) is 16.7 Å². The number of rotatable bonds is 4. The van der Waals surface area contributed by atoms with Crippen LogP contribution in [0.25, 0.3) is 0 Å². The van der Waals surface area contributed by atoms with Gasteiger partial charge in [-0.2, -0.15) is 0 Å². The molecule has 1 aromatic rings. The lowest BCUT2D eigenvalue weighted by Crippen LogP contribution is -2.30. The van der Waals surface area contributed by atoms with Crippen LogP contribution < -0.4 is 4.57 Å². The van der Waals surface area contributed by atoms with E-state index in [1.807, 2.05) is 0 Å². The molecule has 0 aliphatic carbocycles. The van der Waals surface area contributed by atoms with Crippen molar-refractivity contribution in [2.24, 2.45) is 13.0 Å². The Morgan fingerprint density at radius 2 is 2.23 bits per heavy atom. The van der Waals surface area contributed by atoms with Gasteiger partial charge in [0.2, 0.25) is 0 Å². The van der Waals surface area contributed by atoms with Gasteiger partial charge in [-0.05, 0) is 18.8 Å². The number of halogens is 1. The molecule has 0 spiro atoms. The Hall–Kier alpha value is -0.0600. The lowest BCUT2D eigenvalue weighted by atomic mass is 10.1. The zero-order valence-electron chi connectivity index (χ0n) is 8.63. The lowest BCUT2D eigenvalue weighted by molar-refractivity contribution is -0.684. The maximum absolute atomic E-state index is 2.38. The third kappa shape index (κ3) is 3.29. The molecule has 0 N–H and O–H groups in total. The molecule has 2 nitrogen and oxygen atoms in total. The van der Waals surface area contributed by atoms with Crippen molar-refractivity contribution in [3.05, 3.63) is 16.2 Å². The normalized spacial score (nSPS) is 11.2. The van der Waals surface area contributed by atoms with Crippen LogP contribution in [0.2, 0.25) is 0 Å². The molecule has 0 atom stereocenters. The van der Waals surface area contributed by atoms with Crippen LogP contribution in [-0.4, -0.2) is 4.57 Å². The Labute approximate surface area is 94.1 Å². The van der Waals surface area contributed by atoms with Gasteiger partial charge in [0.1, 0.15) is 12.4 Å². The molecule has 3 heteroatoms. The van der Waals surface area contributed by atoms with Crippen molar-refractivity contribution in [2.45, 2.75) is 33.2 Å². The third-order valence-electron chi connectivity index (χ3n) is 2.18. The van der Waals surface area contributed by atoms with Gasteiger partial charge in [-0.1, -0.05) is 13.8 Å². The van der Waals surface area contributed by atoms with E-state index in [4.69, 9.17) is 0 Å². The lowest BCUT2D eigenvalue weighted by Gasteiger charge is -2.02. The first-order valence-electron chi connectivity index (χ1n) is 4.81. The summed E-state index contributed by atoms with van der Waals surface area (Å²) in [5.41, 5.74) is 0. The van der Waals surface area contributed by atoms with E-state index in [1.54, 1.807) is 0 Å². The molecule has 0 radical (unpaired) electrons. The molecule has 0 saturated carbocycles. The molecule has 0 amide bonds. The zero-order valence-corrected chi connectivity index (χ0v) is 10.8. The fraction of sp³-hybridized carbons (Fsp3) is 0.700. The second-order valence-electron chi connectivity index (χ2n) is 3.91. The molecule has 1 rings (SSSR count). The molecule has 0 bridgehead atoms. The zero-order chi connectivity index (χ0) is 9.84. The quantitative estimate of drug-likeness (QED) is 0.595. The van der Waals surface area contributed by atoms with Crippen LogP contribution in [0.5, 0.6) is 0 Å². The molecule has 0 aromatic carbocycles. The van der Waals surface area contributed by atoms with Gasteiger partial charge in [0.05, 0.1) is 36.2 Å². The van der Waals surface area contributed by atoms with Crippen LogP contribution >= 0.6 is 22.6 Å². The minimum atomic E-state index is 0.821. The van der Waals surface area contributed by atoms with E-state index in [9.17, 15) is 0 Å². The second-order valence-corrected chi connectivity index (χ2v) is 4.87. The largest absolute Gasteiger partial charge is 0.317 e. The summed E-state index contributed by atoms with van der Waals surface area (Å²) in [7, 11) is 2.08. The second kappa shape index (κ2) is 4.98. The monoisotopic (exact) mass is 293 g/mol. The average molecular weight is 293 g/mol. The van der Waals surface area contributed by atoms with Crippen LogP contribution in [0.15, 0.2) is 12.4 Å². The highest BCUT2D eigenvalue weighted by molar-refractivity contribution is 14.1. The summed E-state index contributed by atoms with van der Waals surface area (Å²) in [5, 5.41) is 0. The number of nitrogens with zero attached hydrogens (tertiary/aromatic N) is 2. The van der Waals surface area contributed by atoms with Crippen molar-refractivity contribution in [3.63, 3.8) is 0 Å². The van der Waals surface area contributed by atoms with Gasteiger partial charge in [0.25, 0.3) is 0 Å². The summed E-state index contributed by atoms with van der Waals surface area (Å²) < 4.78 is 5.76. The standard InChI is InChI=1S/C10H18IN2/c1-9(2)5-4-6-13-8-7-12(3)10(13)11/h7-9H,4-6H2,1-3H3/q+1. The Morgan fingerprint density at radius 1 is 1.54 bits per heavy atom. The number of aryl methyl sites for hydroxylation is 2. The first-order valence-corrected chi connectivity index (χ1v) is 5.89.